The zero-order chi connectivity index (χ0) is 19.2. The second-order valence-corrected chi connectivity index (χ2v) is 7.49. The molecular weight excluding hydrogens is 345 g/mol. The largest absolute Gasteiger partial charge is 0.300 e. The summed E-state index contributed by atoms with van der Waals surface area (Å²) in [4.78, 5) is 2.48. The maximum absolute atomic E-state index is 14.7. The summed E-state index contributed by atoms with van der Waals surface area (Å²) >= 11 is 0. The Labute approximate surface area is 167 Å². The van der Waals surface area contributed by atoms with Gasteiger partial charge in [0.2, 0.25) is 0 Å². The molecule has 1 heterocycles. The van der Waals surface area contributed by atoms with Gasteiger partial charge in [0, 0.05) is 12.1 Å². The molecule has 1 nitrogen and oxygen atoms in total. The van der Waals surface area contributed by atoms with Crippen LogP contribution in [0.25, 0.3) is 17.2 Å². The van der Waals surface area contributed by atoms with Crippen molar-refractivity contribution in [1.82, 2.24) is 4.90 Å². The van der Waals surface area contributed by atoms with E-state index in [9.17, 15) is 4.39 Å². The number of likely N-dealkylation sites (tertiary alicyclic amines) is 1. The van der Waals surface area contributed by atoms with Crippen LogP contribution in [0.15, 0.2) is 84.9 Å². The molecule has 0 bridgehead atoms. The van der Waals surface area contributed by atoms with Crippen molar-refractivity contribution in [3.8, 4) is 11.1 Å². The van der Waals surface area contributed by atoms with Crippen molar-refractivity contribution < 1.29 is 4.39 Å². The van der Waals surface area contributed by atoms with Crippen molar-refractivity contribution in [2.75, 3.05) is 19.6 Å². The Morgan fingerprint density at radius 3 is 2.21 bits per heavy atom. The topological polar surface area (TPSA) is 3.24 Å². The van der Waals surface area contributed by atoms with Crippen LogP contribution >= 0.6 is 0 Å². The van der Waals surface area contributed by atoms with E-state index in [-0.39, 0.29) is 5.82 Å². The molecule has 142 valence electrons. The zero-order valence-electron chi connectivity index (χ0n) is 16.1. The smallest absolute Gasteiger partial charge is 0.131 e. The lowest BCUT2D eigenvalue weighted by molar-refractivity contribution is 0.232. The van der Waals surface area contributed by atoms with Crippen molar-refractivity contribution in [1.29, 1.82) is 0 Å². The molecule has 0 aliphatic carbocycles. The van der Waals surface area contributed by atoms with Crippen LogP contribution in [0.5, 0.6) is 0 Å². The standard InChI is InChI=1S/C26H26FN/c27-26-20-24(13-14-25(26)23-11-5-2-6-12-23)22-15-18-28(19-16-22)17-7-10-21-8-3-1-4-9-21/h1-14,20,22H,15-19H2/b10-7+. The molecule has 0 spiro atoms. The molecule has 0 radical (unpaired) electrons. The van der Waals surface area contributed by atoms with Crippen LogP contribution in [-0.2, 0) is 0 Å². The quantitative estimate of drug-likeness (QED) is 0.502. The first-order chi connectivity index (χ1) is 13.8. The van der Waals surface area contributed by atoms with Crippen LogP contribution in [0.3, 0.4) is 0 Å². The second-order valence-electron chi connectivity index (χ2n) is 7.49. The molecule has 3 aromatic rings. The maximum Gasteiger partial charge on any atom is 0.131 e. The lowest BCUT2D eigenvalue weighted by Crippen LogP contribution is -2.33. The highest BCUT2D eigenvalue weighted by atomic mass is 19.1. The van der Waals surface area contributed by atoms with Crippen LogP contribution in [-0.4, -0.2) is 24.5 Å². The average molecular weight is 371 g/mol. The molecule has 0 saturated carbocycles. The molecule has 2 heteroatoms. The van der Waals surface area contributed by atoms with Gasteiger partial charge in [0.1, 0.15) is 5.82 Å². The fraction of sp³-hybridized carbons (Fsp3) is 0.231. The summed E-state index contributed by atoms with van der Waals surface area (Å²) in [5, 5.41) is 0. The number of hydrogen-bond donors (Lipinski definition) is 0. The van der Waals surface area contributed by atoms with E-state index in [1.54, 1.807) is 6.07 Å². The Balaban J connectivity index is 1.34. The number of rotatable bonds is 5. The number of piperidine rings is 1. The molecule has 3 aromatic carbocycles. The molecule has 0 unspecified atom stereocenters. The SMILES string of the molecule is Fc1cc(C2CCN(C/C=C/c3ccccc3)CC2)ccc1-c1ccccc1. The highest BCUT2D eigenvalue weighted by Gasteiger charge is 2.21. The van der Waals surface area contributed by atoms with Gasteiger partial charge < -0.3 is 0 Å². The molecule has 0 aromatic heterocycles. The summed E-state index contributed by atoms with van der Waals surface area (Å²) in [6.45, 7) is 3.10. The van der Waals surface area contributed by atoms with Crippen LogP contribution < -0.4 is 0 Å². The molecule has 28 heavy (non-hydrogen) atoms. The molecule has 0 N–H and O–H groups in total. The van der Waals surface area contributed by atoms with Crippen LogP contribution in [0.4, 0.5) is 4.39 Å². The van der Waals surface area contributed by atoms with Gasteiger partial charge in [0.05, 0.1) is 0 Å². The molecule has 1 saturated heterocycles. The van der Waals surface area contributed by atoms with E-state index in [2.05, 4.69) is 47.4 Å². The first-order valence-corrected chi connectivity index (χ1v) is 10.1. The third-order valence-electron chi connectivity index (χ3n) is 5.61. The van der Waals surface area contributed by atoms with Crippen LogP contribution in [0.2, 0.25) is 0 Å². The lowest BCUT2D eigenvalue weighted by atomic mass is 9.88. The highest BCUT2D eigenvalue weighted by Crippen LogP contribution is 2.31. The summed E-state index contributed by atoms with van der Waals surface area (Å²) < 4.78 is 14.7. The molecule has 1 fully saturated rings. The van der Waals surface area contributed by atoms with Crippen molar-refractivity contribution in [3.05, 3.63) is 102 Å². The third-order valence-corrected chi connectivity index (χ3v) is 5.61. The third kappa shape index (κ3) is 4.58. The Bertz CT molecular complexity index is 910. The van der Waals surface area contributed by atoms with Gasteiger partial charge in [0.25, 0.3) is 0 Å². The number of hydrogen-bond acceptors (Lipinski definition) is 1. The summed E-state index contributed by atoms with van der Waals surface area (Å²) in [7, 11) is 0. The normalized spacial score (nSPS) is 15.9. The van der Waals surface area contributed by atoms with Gasteiger partial charge in [-0.2, -0.15) is 0 Å². The minimum atomic E-state index is -0.114. The van der Waals surface area contributed by atoms with E-state index in [4.69, 9.17) is 0 Å². The molecule has 1 aliphatic heterocycles. The van der Waals surface area contributed by atoms with Gasteiger partial charge >= 0.3 is 0 Å². The van der Waals surface area contributed by atoms with Crippen LogP contribution in [0, 0.1) is 5.82 Å². The fourth-order valence-electron chi connectivity index (χ4n) is 3.99. The Hall–Kier alpha value is -2.71. The molecule has 1 aliphatic rings. The minimum Gasteiger partial charge on any atom is -0.300 e. The van der Waals surface area contributed by atoms with E-state index in [1.807, 2.05) is 42.5 Å². The molecule has 0 amide bonds. The first-order valence-electron chi connectivity index (χ1n) is 10.1. The predicted molar refractivity (Wildman–Crippen MR) is 116 cm³/mol. The number of nitrogens with zero attached hydrogens (tertiary/aromatic N) is 1. The van der Waals surface area contributed by atoms with Crippen molar-refractivity contribution in [2.24, 2.45) is 0 Å². The highest BCUT2D eigenvalue weighted by molar-refractivity contribution is 5.64. The second kappa shape index (κ2) is 8.99. The fourth-order valence-corrected chi connectivity index (χ4v) is 3.99. The van der Waals surface area contributed by atoms with E-state index in [1.165, 1.54) is 5.56 Å². The predicted octanol–water partition coefficient (Wildman–Crippen LogP) is 6.39. The van der Waals surface area contributed by atoms with E-state index < -0.39 is 0 Å². The number of benzene rings is 3. The monoisotopic (exact) mass is 371 g/mol. The summed E-state index contributed by atoms with van der Waals surface area (Å²) in [6, 6.07) is 26.0. The maximum atomic E-state index is 14.7. The van der Waals surface area contributed by atoms with Crippen molar-refractivity contribution in [2.45, 2.75) is 18.8 Å². The first kappa shape index (κ1) is 18.6. The van der Waals surface area contributed by atoms with Crippen molar-refractivity contribution >= 4 is 6.08 Å². The van der Waals surface area contributed by atoms with Gasteiger partial charge in [-0.1, -0.05) is 84.9 Å². The van der Waals surface area contributed by atoms with Crippen LogP contribution in [0.1, 0.15) is 29.9 Å². The average Bonchev–Trinajstić information content (AvgIpc) is 2.75. The Kier molecular flexibility index (Phi) is 5.98. The van der Waals surface area contributed by atoms with Crippen molar-refractivity contribution in [3.63, 3.8) is 0 Å². The van der Waals surface area contributed by atoms with Gasteiger partial charge in [-0.25, -0.2) is 4.39 Å². The molecule has 4 rings (SSSR count). The van der Waals surface area contributed by atoms with E-state index in [0.29, 0.717) is 11.5 Å². The Morgan fingerprint density at radius 2 is 1.54 bits per heavy atom. The molecular formula is C26H26FN. The Morgan fingerprint density at radius 1 is 0.857 bits per heavy atom. The summed E-state index contributed by atoms with van der Waals surface area (Å²) in [5.41, 5.74) is 4.00. The van der Waals surface area contributed by atoms with Gasteiger partial charge in [0.15, 0.2) is 0 Å². The zero-order valence-corrected chi connectivity index (χ0v) is 16.1. The number of halogens is 1. The van der Waals surface area contributed by atoms with Gasteiger partial charge in [-0.15, -0.1) is 0 Å². The minimum absolute atomic E-state index is 0.114. The van der Waals surface area contributed by atoms with E-state index in [0.717, 1.165) is 43.6 Å². The summed E-state index contributed by atoms with van der Waals surface area (Å²) in [5.74, 6) is 0.339. The lowest BCUT2D eigenvalue weighted by Gasteiger charge is -2.31. The van der Waals surface area contributed by atoms with Gasteiger partial charge in [-0.05, 0) is 54.6 Å². The molecule has 0 atom stereocenters. The van der Waals surface area contributed by atoms with Gasteiger partial charge in [-0.3, -0.25) is 4.90 Å². The van der Waals surface area contributed by atoms with E-state index >= 15 is 0 Å². The summed E-state index contributed by atoms with van der Waals surface area (Å²) in [6.07, 6.45) is 6.60.